The average Bonchev–Trinajstić information content (AvgIpc) is 2.48. The number of likely N-dealkylation sites (tertiary alicyclic amines) is 1. The highest BCUT2D eigenvalue weighted by Crippen LogP contribution is 2.18. The SMILES string of the molecule is NCCCOC1CCN(C(=O)c2ccc(O)cc2)CC1. The molecule has 3 N–H and O–H groups in total. The molecular weight excluding hydrogens is 256 g/mol. The summed E-state index contributed by atoms with van der Waals surface area (Å²) < 4.78 is 5.72. The number of phenolic OH excluding ortho intramolecular Hbond substituents is 1. The normalized spacial score (nSPS) is 16.4. The Morgan fingerprint density at radius 3 is 2.55 bits per heavy atom. The van der Waals surface area contributed by atoms with E-state index in [0.29, 0.717) is 31.8 Å². The Balaban J connectivity index is 1.81. The quantitative estimate of drug-likeness (QED) is 0.797. The fourth-order valence-electron chi connectivity index (χ4n) is 2.35. The number of hydrogen-bond acceptors (Lipinski definition) is 4. The number of benzene rings is 1. The summed E-state index contributed by atoms with van der Waals surface area (Å²) in [7, 11) is 0. The molecule has 5 nitrogen and oxygen atoms in total. The summed E-state index contributed by atoms with van der Waals surface area (Å²) in [5.41, 5.74) is 6.05. The molecule has 0 aromatic heterocycles. The molecule has 0 saturated carbocycles. The van der Waals surface area contributed by atoms with Gasteiger partial charge < -0.3 is 20.5 Å². The van der Waals surface area contributed by atoms with Crippen LogP contribution in [0.5, 0.6) is 5.75 Å². The minimum Gasteiger partial charge on any atom is -0.508 e. The lowest BCUT2D eigenvalue weighted by atomic mass is 10.1. The molecule has 2 rings (SSSR count). The van der Waals surface area contributed by atoms with Gasteiger partial charge in [-0.3, -0.25) is 4.79 Å². The third kappa shape index (κ3) is 3.95. The Morgan fingerprint density at radius 1 is 1.30 bits per heavy atom. The van der Waals surface area contributed by atoms with Crippen molar-refractivity contribution in [2.75, 3.05) is 26.2 Å². The standard InChI is InChI=1S/C15H22N2O3/c16-8-1-11-20-14-6-9-17(10-7-14)15(19)12-2-4-13(18)5-3-12/h2-5,14,18H,1,6-11,16H2. The van der Waals surface area contributed by atoms with Gasteiger partial charge in [0.25, 0.3) is 5.91 Å². The number of aromatic hydroxyl groups is 1. The van der Waals surface area contributed by atoms with Gasteiger partial charge in [-0.25, -0.2) is 0 Å². The predicted octanol–water partition coefficient (Wildman–Crippen LogP) is 1.36. The van der Waals surface area contributed by atoms with Crippen LogP contribution in [0.3, 0.4) is 0 Å². The summed E-state index contributed by atoms with van der Waals surface area (Å²) in [4.78, 5) is 14.1. The van der Waals surface area contributed by atoms with Gasteiger partial charge in [-0.2, -0.15) is 0 Å². The van der Waals surface area contributed by atoms with Crippen LogP contribution in [0.2, 0.25) is 0 Å². The summed E-state index contributed by atoms with van der Waals surface area (Å²) in [6.07, 6.45) is 2.86. The molecule has 1 fully saturated rings. The second kappa shape index (κ2) is 7.26. The fourth-order valence-corrected chi connectivity index (χ4v) is 2.35. The molecule has 1 aromatic carbocycles. The number of carbonyl (C=O) groups excluding carboxylic acids is 1. The molecule has 1 saturated heterocycles. The maximum Gasteiger partial charge on any atom is 0.253 e. The lowest BCUT2D eigenvalue weighted by Crippen LogP contribution is -2.41. The first-order valence-corrected chi connectivity index (χ1v) is 7.10. The van der Waals surface area contributed by atoms with E-state index in [2.05, 4.69) is 0 Å². The van der Waals surface area contributed by atoms with Crippen molar-refractivity contribution in [2.45, 2.75) is 25.4 Å². The molecule has 0 bridgehead atoms. The third-order valence-corrected chi connectivity index (χ3v) is 3.55. The van der Waals surface area contributed by atoms with Crippen LogP contribution in [-0.4, -0.2) is 48.3 Å². The van der Waals surface area contributed by atoms with Crippen LogP contribution in [0.25, 0.3) is 0 Å². The third-order valence-electron chi connectivity index (χ3n) is 3.55. The first kappa shape index (κ1) is 14.8. The van der Waals surface area contributed by atoms with Crippen molar-refractivity contribution in [1.29, 1.82) is 0 Å². The molecule has 1 amide bonds. The zero-order valence-electron chi connectivity index (χ0n) is 11.6. The molecule has 0 aliphatic carbocycles. The van der Waals surface area contributed by atoms with Crippen molar-refractivity contribution >= 4 is 5.91 Å². The van der Waals surface area contributed by atoms with E-state index in [0.717, 1.165) is 19.3 Å². The number of ether oxygens (including phenoxy) is 1. The van der Waals surface area contributed by atoms with E-state index in [4.69, 9.17) is 10.5 Å². The zero-order chi connectivity index (χ0) is 14.4. The first-order valence-electron chi connectivity index (χ1n) is 7.10. The summed E-state index contributed by atoms with van der Waals surface area (Å²) in [5.74, 6) is 0.193. The van der Waals surface area contributed by atoms with Crippen LogP contribution in [0.4, 0.5) is 0 Å². The van der Waals surface area contributed by atoms with E-state index in [-0.39, 0.29) is 17.8 Å². The largest absolute Gasteiger partial charge is 0.508 e. The van der Waals surface area contributed by atoms with Crippen LogP contribution in [0.15, 0.2) is 24.3 Å². The number of hydrogen-bond donors (Lipinski definition) is 2. The average molecular weight is 278 g/mol. The van der Waals surface area contributed by atoms with Crippen molar-refractivity contribution < 1.29 is 14.6 Å². The maximum absolute atomic E-state index is 12.3. The molecule has 1 heterocycles. The molecule has 1 aliphatic heterocycles. The van der Waals surface area contributed by atoms with Gasteiger partial charge in [0, 0.05) is 25.3 Å². The van der Waals surface area contributed by atoms with E-state index >= 15 is 0 Å². The van der Waals surface area contributed by atoms with Crippen LogP contribution in [-0.2, 0) is 4.74 Å². The predicted molar refractivity (Wildman–Crippen MR) is 76.7 cm³/mol. The van der Waals surface area contributed by atoms with Gasteiger partial charge in [-0.05, 0) is 50.1 Å². The van der Waals surface area contributed by atoms with E-state index in [1.165, 1.54) is 12.1 Å². The Morgan fingerprint density at radius 2 is 1.95 bits per heavy atom. The van der Waals surface area contributed by atoms with Crippen LogP contribution >= 0.6 is 0 Å². The number of carbonyl (C=O) groups is 1. The Bertz CT molecular complexity index is 425. The van der Waals surface area contributed by atoms with Crippen molar-refractivity contribution in [1.82, 2.24) is 4.90 Å². The van der Waals surface area contributed by atoms with Gasteiger partial charge in [0.05, 0.1) is 6.10 Å². The number of piperidine rings is 1. The highest BCUT2D eigenvalue weighted by atomic mass is 16.5. The minimum atomic E-state index is 0.0189. The molecular formula is C15H22N2O3. The van der Waals surface area contributed by atoms with Gasteiger partial charge in [0.1, 0.15) is 5.75 Å². The van der Waals surface area contributed by atoms with E-state index in [1.807, 2.05) is 4.90 Å². The lowest BCUT2D eigenvalue weighted by molar-refractivity contribution is 0.00845. The molecule has 0 unspecified atom stereocenters. The number of phenols is 1. The van der Waals surface area contributed by atoms with Gasteiger partial charge in [0.15, 0.2) is 0 Å². The zero-order valence-corrected chi connectivity index (χ0v) is 11.6. The highest BCUT2D eigenvalue weighted by molar-refractivity contribution is 5.94. The van der Waals surface area contributed by atoms with Gasteiger partial charge in [0.2, 0.25) is 0 Å². The summed E-state index contributed by atoms with van der Waals surface area (Å²) in [6.45, 7) is 2.78. The second-order valence-corrected chi connectivity index (χ2v) is 5.05. The van der Waals surface area contributed by atoms with Crippen molar-refractivity contribution in [2.24, 2.45) is 5.73 Å². The van der Waals surface area contributed by atoms with Gasteiger partial charge in [-0.1, -0.05) is 0 Å². The molecule has 5 heteroatoms. The number of rotatable bonds is 5. The molecule has 0 atom stereocenters. The monoisotopic (exact) mass is 278 g/mol. The van der Waals surface area contributed by atoms with Crippen LogP contribution < -0.4 is 5.73 Å². The maximum atomic E-state index is 12.3. The van der Waals surface area contributed by atoms with Gasteiger partial charge in [-0.15, -0.1) is 0 Å². The fraction of sp³-hybridized carbons (Fsp3) is 0.533. The van der Waals surface area contributed by atoms with Crippen molar-refractivity contribution in [3.05, 3.63) is 29.8 Å². The van der Waals surface area contributed by atoms with E-state index < -0.39 is 0 Å². The van der Waals surface area contributed by atoms with E-state index in [9.17, 15) is 9.90 Å². The first-order chi connectivity index (χ1) is 9.70. The number of amides is 1. The Kier molecular flexibility index (Phi) is 5.38. The minimum absolute atomic E-state index is 0.0189. The van der Waals surface area contributed by atoms with Crippen LogP contribution in [0, 0.1) is 0 Å². The molecule has 0 radical (unpaired) electrons. The lowest BCUT2D eigenvalue weighted by Gasteiger charge is -2.32. The Hall–Kier alpha value is -1.59. The number of nitrogens with zero attached hydrogens (tertiary/aromatic N) is 1. The molecule has 1 aliphatic rings. The molecule has 110 valence electrons. The summed E-state index contributed by atoms with van der Waals surface area (Å²) in [6, 6.07) is 6.38. The molecule has 20 heavy (non-hydrogen) atoms. The van der Waals surface area contributed by atoms with Crippen molar-refractivity contribution in [3.63, 3.8) is 0 Å². The molecule has 0 spiro atoms. The van der Waals surface area contributed by atoms with E-state index in [1.54, 1.807) is 12.1 Å². The summed E-state index contributed by atoms with van der Waals surface area (Å²) >= 11 is 0. The summed E-state index contributed by atoms with van der Waals surface area (Å²) in [5, 5.41) is 9.24. The number of nitrogens with two attached hydrogens (primary N) is 1. The van der Waals surface area contributed by atoms with Crippen molar-refractivity contribution in [3.8, 4) is 5.75 Å². The molecule has 1 aromatic rings. The second-order valence-electron chi connectivity index (χ2n) is 5.05. The van der Waals surface area contributed by atoms with Gasteiger partial charge >= 0.3 is 0 Å². The Labute approximate surface area is 119 Å². The highest BCUT2D eigenvalue weighted by Gasteiger charge is 2.23. The van der Waals surface area contributed by atoms with Crippen LogP contribution in [0.1, 0.15) is 29.6 Å². The smallest absolute Gasteiger partial charge is 0.253 e. The topological polar surface area (TPSA) is 75.8 Å².